The van der Waals surface area contributed by atoms with Crippen LogP contribution in [-0.2, 0) is 12.6 Å². The largest absolute Gasteiger partial charge is 0.429 e. The minimum absolute atomic E-state index is 0.0378. The van der Waals surface area contributed by atoms with Gasteiger partial charge in [0.25, 0.3) is 0 Å². The lowest BCUT2D eigenvalue weighted by atomic mass is 9.91. The molecule has 1 atom stereocenters. The van der Waals surface area contributed by atoms with E-state index in [1.54, 1.807) is 30.3 Å². The van der Waals surface area contributed by atoms with Crippen molar-refractivity contribution in [2.24, 2.45) is 7.05 Å². The summed E-state index contributed by atoms with van der Waals surface area (Å²) in [6.45, 7) is 1.37. The van der Waals surface area contributed by atoms with E-state index in [1.807, 2.05) is 0 Å². The van der Waals surface area contributed by atoms with E-state index in [0.717, 1.165) is 4.57 Å². The number of halogens is 3. The third-order valence-electron chi connectivity index (χ3n) is 4.01. The van der Waals surface area contributed by atoms with Gasteiger partial charge in [0.05, 0.1) is 16.9 Å². The molecule has 0 aliphatic carbocycles. The van der Waals surface area contributed by atoms with Gasteiger partial charge in [-0.1, -0.05) is 18.2 Å². The molecule has 0 aliphatic heterocycles. The van der Waals surface area contributed by atoms with Gasteiger partial charge in [-0.05, 0) is 19.1 Å². The third kappa shape index (κ3) is 2.47. The van der Waals surface area contributed by atoms with Gasteiger partial charge in [-0.25, -0.2) is 9.67 Å². The summed E-state index contributed by atoms with van der Waals surface area (Å²) >= 11 is 0. The fourth-order valence-electron chi connectivity index (χ4n) is 2.85. The molecule has 1 aromatic carbocycles. The number of anilines is 1. The van der Waals surface area contributed by atoms with Crippen LogP contribution in [0, 0.1) is 6.92 Å². The number of nitrogens with zero attached hydrogens (tertiary/aromatic N) is 4. The number of aromatic nitrogens is 4. The standard InChI is InChI=1S/C16H16F3N5O/c1-10-12(13(20)24(22-10)11-6-4-3-5-7-11)15(25,16(17,18)19)14-21-8-9-23(14)2/h3-9,25H,20H2,1-2H3. The van der Waals surface area contributed by atoms with Gasteiger partial charge in [0.2, 0.25) is 5.60 Å². The Labute approximate surface area is 141 Å². The predicted molar refractivity (Wildman–Crippen MR) is 85.0 cm³/mol. The Morgan fingerprint density at radius 3 is 2.32 bits per heavy atom. The number of imidazole rings is 1. The quantitative estimate of drug-likeness (QED) is 0.759. The van der Waals surface area contributed by atoms with Gasteiger partial charge in [0.1, 0.15) is 5.82 Å². The first kappa shape index (κ1) is 17.0. The van der Waals surface area contributed by atoms with Crippen molar-refractivity contribution in [1.29, 1.82) is 0 Å². The lowest BCUT2D eigenvalue weighted by Crippen LogP contribution is -2.46. The van der Waals surface area contributed by atoms with E-state index in [4.69, 9.17) is 5.73 Å². The highest BCUT2D eigenvalue weighted by molar-refractivity contribution is 5.55. The maximum Gasteiger partial charge on any atom is 0.429 e. The van der Waals surface area contributed by atoms with Crippen LogP contribution in [0.3, 0.4) is 0 Å². The van der Waals surface area contributed by atoms with Crippen LogP contribution in [0.1, 0.15) is 17.1 Å². The molecule has 0 aliphatic rings. The predicted octanol–water partition coefficient (Wildman–Crippen LogP) is 2.29. The summed E-state index contributed by atoms with van der Waals surface area (Å²) in [7, 11) is 1.37. The highest BCUT2D eigenvalue weighted by atomic mass is 19.4. The van der Waals surface area contributed by atoms with Crippen LogP contribution in [-0.4, -0.2) is 30.6 Å². The van der Waals surface area contributed by atoms with Crippen molar-refractivity contribution in [3.8, 4) is 5.69 Å². The number of hydrogen-bond donors (Lipinski definition) is 2. The van der Waals surface area contributed by atoms with Crippen molar-refractivity contribution >= 4 is 5.82 Å². The molecule has 2 aromatic heterocycles. The Hall–Kier alpha value is -2.81. The Morgan fingerprint density at radius 1 is 1.16 bits per heavy atom. The zero-order chi connectivity index (χ0) is 18.4. The molecule has 6 nitrogen and oxygen atoms in total. The van der Waals surface area contributed by atoms with Gasteiger partial charge in [-0.3, -0.25) is 0 Å². The number of para-hydroxylation sites is 1. The number of nitrogens with two attached hydrogens (primary N) is 1. The Morgan fingerprint density at radius 2 is 1.80 bits per heavy atom. The van der Waals surface area contributed by atoms with Crippen LogP contribution in [0.15, 0.2) is 42.7 Å². The molecule has 3 aromatic rings. The number of aryl methyl sites for hydroxylation is 2. The fourth-order valence-corrected chi connectivity index (χ4v) is 2.85. The summed E-state index contributed by atoms with van der Waals surface area (Å²) in [5.41, 5.74) is 2.51. The molecule has 3 N–H and O–H groups in total. The minimum Gasteiger partial charge on any atom is -0.383 e. The average molecular weight is 351 g/mol. The fraction of sp³-hybridized carbons (Fsp3) is 0.250. The lowest BCUT2D eigenvalue weighted by Gasteiger charge is -2.30. The van der Waals surface area contributed by atoms with Crippen molar-refractivity contribution in [3.05, 3.63) is 59.8 Å². The average Bonchev–Trinajstić information content (AvgIpc) is 3.10. The molecule has 0 fully saturated rings. The SMILES string of the molecule is Cc1nn(-c2ccccc2)c(N)c1C(O)(c1nccn1C)C(F)(F)F. The second-order valence-corrected chi connectivity index (χ2v) is 5.66. The third-order valence-corrected chi connectivity index (χ3v) is 4.01. The molecule has 0 spiro atoms. The van der Waals surface area contributed by atoms with E-state index in [1.165, 1.54) is 31.0 Å². The van der Waals surface area contributed by atoms with Crippen LogP contribution in [0.5, 0.6) is 0 Å². The molecule has 2 heterocycles. The Bertz CT molecular complexity index is 900. The molecule has 9 heteroatoms. The first-order valence-electron chi connectivity index (χ1n) is 7.35. The number of alkyl halides is 3. The highest BCUT2D eigenvalue weighted by Gasteiger charge is 2.61. The molecule has 0 saturated carbocycles. The summed E-state index contributed by atoms with van der Waals surface area (Å²) in [5, 5.41) is 14.8. The topological polar surface area (TPSA) is 81.9 Å². The lowest BCUT2D eigenvalue weighted by molar-refractivity contribution is -0.251. The maximum absolute atomic E-state index is 13.9. The first-order chi connectivity index (χ1) is 11.7. The Balaban J connectivity index is 2.30. The molecule has 0 radical (unpaired) electrons. The number of benzene rings is 1. The highest BCUT2D eigenvalue weighted by Crippen LogP contribution is 2.46. The molecular weight excluding hydrogens is 335 g/mol. The van der Waals surface area contributed by atoms with Gasteiger partial charge in [0.15, 0.2) is 5.82 Å². The van der Waals surface area contributed by atoms with Gasteiger partial charge in [-0.15, -0.1) is 0 Å². The summed E-state index contributed by atoms with van der Waals surface area (Å²) in [6, 6.07) is 8.48. The van der Waals surface area contributed by atoms with Crippen molar-refractivity contribution < 1.29 is 18.3 Å². The van der Waals surface area contributed by atoms with Crippen LogP contribution < -0.4 is 5.73 Å². The van der Waals surface area contributed by atoms with Gasteiger partial charge in [-0.2, -0.15) is 18.3 Å². The van der Waals surface area contributed by atoms with Crippen molar-refractivity contribution in [3.63, 3.8) is 0 Å². The summed E-state index contributed by atoms with van der Waals surface area (Å²) in [5.74, 6) is -0.881. The molecule has 132 valence electrons. The molecule has 0 amide bonds. The van der Waals surface area contributed by atoms with Crippen LogP contribution in [0.4, 0.5) is 19.0 Å². The van der Waals surface area contributed by atoms with Crippen LogP contribution >= 0.6 is 0 Å². The Kier molecular flexibility index (Phi) is 3.83. The molecule has 3 rings (SSSR count). The normalized spacial score (nSPS) is 14.5. The molecule has 1 unspecified atom stereocenters. The van der Waals surface area contributed by atoms with Crippen molar-refractivity contribution in [2.45, 2.75) is 18.7 Å². The number of nitrogen functional groups attached to an aromatic ring is 1. The van der Waals surface area contributed by atoms with Crippen molar-refractivity contribution in [2.75, 3.05) is 5.73 Å². The van der Waals surface area contributed by atoms with E-state index in [2.05, 4.69) is 10.1 Å². The van der Waals surface area contributed by atoms with E-state index >= 15 is 0 Å². The smallest absolute Gasteiger partial charge is 0.383 e. The molecular formula is C16H16F3N5O. The summed E-state index contributed by atoms with van der Waals surface area (Å²) < 4.78 is 44.0. The zero-order valence-electron chi connectivity index (χ0n) is 13.5. The van der Waals surface area contributed by atoms with Gasteiger partial charge >= 0.3 is 6.18 Å². The minimum atomic E-state index is -5.05. The summed E-state index contributed by atoms with van der Waals surface area (Å²) in [6.07, 6.45) is -2.55. The number of aliphatic hydroxyl groups is 1. The first-order valence-corrected chi connectivity index (χ1v) is 7.35. The monoisotopic (exact) mass is 351 g/mol. The van der Waals surface area contributed by atoms with E-state index < -0.39 is 23.2 Å². The van der Waals surface area contributed by atoms with Crippen LogP contribution in [0.25, 0.3) is 5.69 Å². The van der Waals surface area contributed by atoms with Crippen molar-refractivity contribution in [1.82, 2.24) is 19.3 Å². The second-order valence-electron chi connectivity index (χ2n) is 5.66. The number of rotatable bonds is 3. The molecule has 25 heavy (non-hydrogen) atoms. The van der Waals surface area contributed by atoms with E-state index in [-0.39, 0.29) is 11.5 Å². The van der Waals surface area contributed by atoms with E-state index in [9.17, 15) is 18.3 Å². The van der Waals surface area contributed by atoms with E-state index in [0.29, 0.717) is 5.69 Å². The second kappa shape index (κ2) is 5.62. The summed E-state index contributed by atoms with van der Waals surface area (Å²) in [4.78, 5) is 3.70. The van der Waals surface area contributed by atoms with Gasteiger partial charge in [0, 0.05) is 19.4 Å². The molecule has 0 bridgehead atoms. The van der Waals surface area contributed by atoms with Gasteiger partial charge < -0.3 is 15.4 Å². The number of hydrogen-bond acceptors (Lipinski definition) is 4. The molecule has 0 saturated heterocycles. The zero-order valence-corrected chi connectivity index (χ0v) is 13.5. The maximum atomic E-state index is 13.9. The van der Waals surface area contributed by atoms with Crippen LogP contribution in [0.2, 0.25) is 0 Å².